The fourth-order valence-corrected chi connectivity index (χ4v) is 3.67. The molecule has 0 atom stereocenters. The molecular weight excluding hydrogens is 402 g/mol. The number of anilines is 1. The van der Waals surface area contributed by atoms with Gasteiger partial charge in [-0.05, 0) is 36.2 Å². The van der Waals surface area contributed by atoms with E-state index in [0.717, 1.165) is 23.2 Å². The Hall–Kier alpha value is -3.39. The Bertz CT molecular complexity index is 1050. The van der Waals surface area contributed by atoms with Crippen LogP contribution in [0, 0.1) is 0 Å². The SMILES string of the molecule is CCc1ccccc1NC(=O)CNC(=O)c1csc(-c2ccc(OC)c(OC)c2)n1. The number of aryl methyl sites for hydroxylation is 1. The fourth-order valence-electron chi connectivity index (χ4n) is 2.88. The van der Waals surface area contributed by atoms with E-state index in [0.29, 0.717) is 16.5 Å². The normalized spacial score (nSPS) is 10.4. The first-order valence-electron chi connectivity index (χ1n) is 9.39. The van der Waals surface area contributed by atoms with Gasteiger partial charge < -0.3 is 20.1 Å². The third kappa shape index (κ3) is 4.96. The number of amides is 2. The van der Waals surface area contributed by atoms with Gasteiger partial charge in [0.05, 0.1) is 20.8 Å². The maximum atomic E-state index is 12.4. The number of methoxy groups -OCH3 is 2. The zero-order valence-electron chi connectivity index (χ0n) is 17.0. The summed E-state index contributed by atoms with van der Waals surface area (Å²) >= 11 is 1.34. The van der Waals surface area contributed by atoms with Crippen LogP contribution < -0.4 is 20.1 Å². The molecule has 0 saturated heterocycles. The molecule has 3 aromatic rings. The van der Waals surface area contributed by atoms with Gasteiger partial charge in [0.25, 0.3) is 5.91 Å². The molecule has 0 saturated carbocycles. The van der Waals surface area contributed by atoms with Crippen LogP contribution >= 0.6 is 11.3 Å². The molecular formula is C22H23N3O4S. The van der Waals surface area contributed by atoms with Crippen LogP contribution in [0.4, 0.5) is 5.69 Å². The molecule has 7 nitrogen and oxygen atoms in total. The summed E-state index contributed by atoms with van der Waals surface area (Å²) in [6, 6.07) is 13.0. The van der Waals surface area contributed by atoms with Crippen molar-refractivity contribution in [2.45, 2.75) is 13.3 Å². The van der Waals surface area contributed by atoms with Crippen molar-refractivity contribution in [3.63, 3.8) is 0 Å². The van der Waals surface area contributed by atoms with E-state index in [1.54, 1.807) is 31.7 Å². The third-order valence-corrected chi connectivity index (χ3v) is 5.34. The maximum absolute atomic E-state index is 12.4. The number of nitrogens with zero attached hydrogens (tertiary/aromatic N) is 1. The second-order valence-electron chi connectivity index (χ2n) is 6.35. The lowest BCUT2D eigenvalue weighted by Crippen LogP contribution is -2.33. The van der Waals surface area contributed by atoms with E-state index in [1.165, 1.54) is 11.3 Å². The summed E-state index contributed by atoms with van der Waals surface area (Å²) in [4.78, 5) is 29.0. The van der Waals surface area contributed by atoms with Gasteiger partial charge in [0, 0.05) is 16.6 Å². The highest BCUT2D eigenvalue weighted by atomic mass is 32.1. The van der Waals surface area contributed by atoms with E-state index in [1.807, 2.05) is 37.3 Å². The van der Waals surface area contributed by atoms with Gasteiger partial charge in [-0.1, -0.05) is 25.1 Å². The van der Waals surface area contributed by atoms with Crippen molar-refractivity contribution in [3.8, 4) is 22.1 Å². The lowest BCUT2D eigenvalue weighted by molar-refractivity contribution is -0.115. The molecule has 0 radical (unpaired) electrons. The summed E-state index contributed by atoms with van der Waals surface area (Å²) in [7, 11) is 3.13. The number of carbonyl (C=O) groups excluding carboxylic acids is 2. The van der Waals surface area contributed by atoms with Crippen molar-refractivity contribution in [2.24, 2.45) is 0 Å². The van der Waals surface area contributed by atoms with Gasteiger partial charge >= 0.3 is 0 Å². The van der Waals surface area contributed by atoms with Gasteiger partial charge in [-0.3, -0.25) is 9.59 Å². The number of nitrogens with one attached hydrogen (secondary N) is 2. The molecule has 0 unspecified atom stereocenters. The number of thiazole rings is 1. The molecule has 2 amide bonds. The Morgan fingerprint density at radius 3 is 2.57 bits per heavy atom. The number of para-hydroxylation sites is 1. The van der Waals surface area contributed by atoms with Gasteiger partial charge in [0.1, 0.15) is 10.7 Å². The fraction of sp³-hybridized carbons (Fsp3) is 0.227. The summed E-state index contributed by atoms with van der Waals surface area (Å²) in [6.07, 6.45) is 0.806. The monoisotopic (exact) mass is 425 g/mol. The predicted molar refractivity (Wildman–Crippen MR) is 117 cm³/mol. The topological polar surface area (TPSA) is 89.6 Å². The molecule has 156 valence electrons. The standard InChI is InChI=1S/C22H23N3O4S/c1-4-14-7-5-6-8-16(14)24-20(26)12-23-21(27)17-13-30-22(25-17)15-9-10-18(28-2)19(11-15)29-3/h5-11,13H,4,12H2,1-3H3,(H,23,27)(H,24,26). The average Bonchev–Trinajstić information content (AvgIpc) is 3.27. The Labute approximate surface area is 179 Å². The molecule has 1 heterocycles. The lowest BCUT2D eigenvalue weighted by Gasteiger charge is -2.10. The molecule has 2 aromatic carbocycles. The third-order valence-electron chi connectivity index (χ3n) is 4.45. The van der Waals surface area contributed by atoms with Crippen LogP contribution in [0.15, 0.2) is 47.8 Å². The Balaban J connectivity index is 1.62. The van der Waals surface area contributed by atoms with Crippen LogP contribution in [0.2, 0.25) is 0 Å². The van der Waals surface area contributed by atoms with E-state index < -0.39 is 5.91 Å². The van der Waals surface area contributed by atoms with Gasteiger partial charge in [-0.2, -0.15) is 0 Å². The number of hydrogen-bond acceptors (Lipinski definition) is 6. The van der Waals surface area contributed by atoms with Crippen LogP contribution in [0.25, 0.3) is 10.6 Å². The summed E-state index contributed by atoms with van der Waals surface area (Å²) in [6.45, 7) is 1.88. The number of hydrogen-bond donors (Lipinski definition) is 2. The minimum Gasteiger partial charge on any atom is -0.493 e. The second-order valence-corrected chi connectivity index (χ2v) is 7.21. The Morgan fingerprint density at radius 1 is 1.07 bits per heavy atom. The van der Waals surface area contributed by atoms with Crippen LogP contribution in [0.3, 0.4) is 0 Å². The lowest BCUT2D eigenvalue weighted by atomic mass is 10.1. The zero-order valence-corrected chi connectivity index (χ0v) is 17.8. The van der Waals surface area contributed by atoms with E-state index in [9.17, 15) is 9.59 Å². The highest BCUT2D eigenvalue weighted by Crippen LogP contribution is 2.33. The first-order chi connectivity index (χ1) is 14.5. The Morgan fingerprint density at radius 2 is 1.83 bits per heavy atom. The molecule has 0 aliphatic rings. The number of aromatic nitrogens is 1. The second kappa shape index (κ2) is 9.89. The van der Waals surface area contributed by atoms with E-state index >= 15 is 0 Å². The molecule has 0 aliphatic carbocycles. The van der Waals surface area contributed by atoms with Crippen LogP contribution in [0.5, 0.6) is 11.5 Å². The Kier molecular flexibility index (Phi) is 7.03. The van der Waals surface area contributed by atoms with E-state index in [2.05, 4.69) is 15.6 Å². The number of rotatable bonds is 8. The average molecular weight is 426 g/mol. The molecule has 0 aliphatic heterocycles. The number of benzene rings is 2. The van der Waals surface area contributed by atoms with Crippen LogP contribution in [0.1, 0.15) is 23.0 Å². The number of carbonyl (C=O) groups is 2. The highest BCUT2D eigenvalue weighted by Gasteiger charge is 2.15. The van der Waals surface area contributed by atoms with Crippen molar-refractivity contribution in [2.75, 3.05) is 26.1 Å². The quantitative estimate of drug-likeness (QED) is 0.574. The molecule has 3 rings (SSSR count). The van der Waals surface area contributed by atoms with Gasteiger partial charge in [-0.25, -0.2) is 4.98 Å². The first kappa shape index (κ1) is 21.3. The smallest absolute Gasteiger partial charge is 0.271 e. The van der Waals surface area contributed by atoms with Crippen LogP contribution in [-0.2, 0) is 11.2 Å². The van der Waals surface area contributed by atoms with E-state index in [-0.39, 0.29) is 18.1 Å². The minimum atomic E-state index is -0.406. The zero-order chi connectivity index (χ0) is 21.5. The molecule has 0 bridgehead atoms. The molecule has 30 heavy (non-hydrogen) atoms. The molecule has 0 spiro atoms. The summed E-state index contributed by atoms with van der Waals surface area (Å²) in [5, 5.41) is 7.76. The minimum absolute atomic E-state index is 0.139. The van der Waals surface area contributed by atoms with Crippen molar-refractivity contribution >= 4 is 28.8 Å². The molecule has 1 aromatic heterocycles. The molecule has 2 N–H and O–H groups in total. The van der Waals surface area contributed by atoms with Crippen molar-refractivity contribution in [3.05, 3.63) is 59.1 Å². The predicted octanol–water partition coefficient (Wildman–Crippen LogP) is 3.76. The van der Waals surface area contributed by atoms with Gasteiger partial charge in [0.15, 0.2) is 11.5 Å². The van der Waals surface area contributed by atoms with Crippen molar-refractivity contribution in [1.29, 1.82) is 0 Å². The van der Waals surface area contributed by atoms with Gasteiger partial charge in [-0.15, -0.1) is 11.3 Å². The molecule has 8 heteroatoms. The van der Waals surface area contributed by atoms with Crippen molar-refractivity contribution in [1.82, 2.24) is 10.3 Å². The maximum Gasteiger partial charge on any atom is 0.271 e. The largest absolute Gasteiger partial charge is 0.493 e. The van der Waals surface area contributed by atoms with E-state index in [4.69, 9.17) is 9.47 Å². The van der Waals surface area contributed by atoms with Gasteiger partial charge in [0.2, 0.25) is 5.91 Å². The highest BCUT2D eigenvalue weighted by molar-refractivity contribution is 7.13. The first-order valence-corrected chi connectivity index (χ1v) is 10.3. The molecule has 0 fully saturated rings. The summed E-state index contributed by atoms with van der Waals surface area (Å²) in [5.74, 6) is 0.503. The van der Waals surface area contributed by atoms with Crippen LogP contribution in [-0.4, -0.2) is 37.6 Å². The number of ether oxygens (including phenoxy) is 2. The summed E-state index contributed by atoms with van der Waals surface area (Å²) < 4.78 is 10.5. The van der Waals surface area contributed by atoms with Crippen molar-refractivity contribution < 1.29 is 19.1 Å². The summed E-state index contributed by atoms with van der Waals surface area (Å²) in [5.41, 5.74) is 2.86.